The molecule has 1 fully saturated rings. The van der Waals surface area contributed by atoms with Crippen molar-refractivity contribution in [2.75, 3.05) is 13.2 Å². The Balaban J connectivity index is 0.00000162. The van der Waals surface area contributed by atoms with Gasteiger partial charge in [-0.25, -0.2) is 0 Å². The summed E-state index contributed by atoms with van der Waals surface area (Å²) in [5.74, 6) is 0. The van der Waals surface area contributed by atoms with Gasteiger partial charge in [-0.15, -0.1) is 12.4 Å². The molecule has 0 amide bonds. The van der Waals surface area contributed by atoms with Gasteiger partial charge in [0.15, 0.2) is 0 Å². The van der Waals surface area contributed by atoms with Gasteiger partial charge < -0.3 is 10.5 Å². The number of halogens is 1. The van der Waals surface area contributed by atoms with Crippen molar-refractivity contribution in [3.05, 3.63) is 35.9 Å². The lowest BCUT2D eigenvalue weighted by molar-refractivity contribution is -0.102. The van der Waals surface area contributed by atoms with E-state index >= 15 is 0 Å². The van der Waals surface area contributed by atoms with E-state index in [2.05, 4.69) is 44.2 Å². The maximum atomic E-state index is 6.05. The lowest BCUT2D eigenvalue weighted by Gasteiger charge is -2.44. The van der Waals surface area contributed by atoms with Crippen LogP contribution in [-0.4, -0.2) is 18.8 Å². The molecule has 2 nitrogen and oxygen atoms in total. The van der Waals surface area contributed by atoms with E-state index in [0.29, 0.717) is 0 Å². The molecule has 1 aromatic rings. The summed E-state index contributed by atoms with van der Waals surface area (Å²) >= 11 is 0. The highest BCUT2D eigenvalue weighted by Gasteiger charge is 2.39. The van der Waals surface area contributed by atoms with Crippen LogP contribution in [0.5, 0.6) is 0 Å². The number of benzene rings is 1. The van der Waals surface area contributed by atoms with E-state index in [0.717, 1.165) is 32.4 Å². The summed E-state index contributed by atoms with van der Waals surface area (Å²) in [5.41, 5.74) is 7.61. The lowest BCUT2D eigenvalue weighted by atomic mass is 9.70. The van der Waals surface area contributed by atoms with Crippen molar-refractivity contribution in [2.45, 2.75) is 38.7 Å². The molecule has 3 heteroatoms. The highest BCUT2D eigenvalue weighted by molar-refractivity contribution is 5.85. The van der Waals surface area contributed by atoms with E-state index in [9.17, 15) is 0 Å². The zero-order valence-electron chi connectivity index (χ0n) is 11.3. The van der Waals surface area contributed by atoms with Crippen molar-refractivity contribution in [3.8, 4) is 0 Å². The van der Waals surface area contributed by atoms with E-state index in [1.807, 2.05) is 0 Å². The summed E-state index contributed by atoms with van der Waals surface area (Å²) < 4.78 is 5.80. The molecule has 2 rings (SSSR count). The molecule has 0 aromatic heterocycles. The first-order valence-corrected chi connectivity index (χ1v) is 6.43. The van der Waals surface area contributed by atoms with Crippen LogP contribution in [0.15, 0.2) is 30.3 Å². The Bertz CT molecular complexity index is 366. The van der Waals surface area contributed by atoms with E-state index in [1.165, 1.54) is 5.56 Å². The Kier molecular flexibility index (Phi) is 5.20. The van der Waals surface area contributed by atoms with Crippen LogP contribution in [0.1, 0.15) is 32.3 Å². The fraction of sp³-hybridized carbons (Fsp3) is 0.600. The molecule has 0 aliphatic carbocycles. The van der Waals surface area contributed by atoms with Crippen LogP contribution in [-0.2, 0) is 11.2 Å². The maximum Gasteiger partial charge on any atom is 0.0632 e. The SMILES string of the molecule is CC1(C)CC(CN)(Cc2ccccc2)CCO1.Cl. The molecular formula is C15H24ClNO. The topological polar surface area (TPSA) is 35.2 Å². The van der Waals surface area contributed by atoms with Crippen LogP contribution < -0.4 is 5.73 Å². The van der Waals surface area contributed by atoms with E-state index in [1.54, 1.807) is 0 Å². The molecule has 0 radical (unpaired) electrons. The largest absolute Gasteiger partial charge is 0.376 e. The minimum absolute atomic E-state index is 0. The molecule has 1 aromatic carbocycles. The fourth-order valence-corrected chi connectivity index (χ4v) is 3.01. The Morgan fingerprint density at radius 1 is 1.22 bits per heavy atom. The van der Waals surface area contributed by atoms with Crippen LogP contribution in [0, 0.1) is 5.41 Å². The monoisotopic (exact) mass is 269 g/mol. The van der Waals surface area contributed by atoms with Crippen molar-refractivity contribution < 1.29 is 4.74 Å². The first-order valence-electron chi connectivity index (χ1n) is 6.43. The molecule has 1 aliphatic heterocycles. The quantitative estimate of drug-likeness (QED) is 0.915. The lowest BCUT2D eigenvalue weighted by Crippen LogP contribution is -2.46. The predicted molar refractivity (Wildman–Crippen MR) is 78.1 cm³/mol. The van der Waals surface area contributed by atoms with Crippen LogP contribution in [0.2, 0.25) is 0 Å². The van der Waals surface area contributed by atoms with Gasteiger partial charge in [0.2, 0.25) is 0 Å². The second-order valence-corrected chi connectivity index (χ2v) is 5.90. The van der Waals surface area contributed by atoms with Crippen molar-refractivity contribution in [1.29, 1.82) is 0 Å². The van der Waals surface area contributed by atoms with Crippen LogP contribution >= 0.6 is 12.4 Å². The molecule has 1 atom stereocenters. The van der Waals surface area contributed by atoms with Crippen molar-refractivity contribution in [3.63, 3.8) is 0 Å². The number of hydrogen-bond acceptors (Lipinski definition) is 2. The summed E-state index contributed by atoms with van der Waals surface area (Å²) in [6.07, 6.45) is 3.18. The van der Waals surface area contributed by atoms with Gasteiger partial charge in [0.05, 0.1) is 5.60 Å². The first kappa shape index (κ1) is 15.5. The van der Waals surface area contributed by atoms with Gasteiger partial charge in [0, 0.05) is 6.61 Å². The molecule has 0 saturated carbocycles. The average Bonchev–Trinajstić information content (AvgIpc) is 2.29. The standard InChI is InChI=1S/C15H23NO.ClH/c1-14(2)11-15(12-16,8-9-17-14)10-13-6-4-3-5-7-13;/h3-7H,8-12,16H2,1-2H3;1H. The third kappa shape index (κ3) is 3.71. The number of rotatable bonds is 3. The average molecular weight is 270 g/mol. The third-order valence-electron chi connectivity index (χ3n) is 3.78. The van der Waals surface area contributed by atoms with Gasteiger partial charge in [0.25, 0.3) is 0 Å². The van der Waals surface area contributed by atoms with Crippen LogP contribution in [0.3, 0.4) is 0 Å². The number of nitrogens with two attached hydrogens (primary N) is 1. The Hall–Kier alpha value is -0.570. The van der Waals surface area contributed by atoms with E-state index < -0.39 is 0 Å². The van der Waals surface area contributed by atoms with E-state index in [4.69, 9.17) is 10.5 Å². The van der Waals surface area contributed by atoms with Gasteiger partial charge in [-0.3, -0.25) is 0 Å². The zero-order chi connectivity index (χ0) is 12.4. The molecule has 1 heterocycles. The van der Waals surface area contributed by atoms with Gasteiger partial charge in [-0.1, -0.05) is 30.3 Å². The second-order valence-electron chi connectivity index (χ2n) is 5.90. The number of ether oxygens (including phenoxy) is 1. The predicted octanol–water partition coefficient (Wildman–Crippen LogP) is 3.19. The summed E-state index contributed by atoms with van der Waals surface area (Å²) in [5, 5.41) is 0. The smallest absolute Gasteiger partial charge is 0.0632 e. The number of hydrogen-bond donors (Lipinski definition) is 1. The molecule has 1 aliphatic rings. The molecule has 1 unspecified atom stereocenters. The maximum absolute atomic E-state index is 6.05. The molecule has 2 N–H and O–H groups in total. The Labute approximate surface area is 116 Å². The molecule has 18 heavy (non-hydrogen) atoms. The highest BCUT2D eigenvalue weighted by atomic mass is 35.5. The van der Waals surface area contributed by atoms with Gasteiger partial charge in [-0.05, 0) is 50.6 Å². The Morgan fingerprint density at radius 3 is 2.44 bits per heavy atom. The minimum atomic E-state index is -0.0353. The van der Waals surface area contributed by atoms with Gasteiger partial charge >= 0.3 is 0 Å². The van der Waals surface area contributed by atoms with Crippen molar-refractivity contribution in [1.82, 2.24) is 0 Å². The van der Waals surface area contributed by atoms with Gasteiger partial charge in [-0.2, -0.15) is 0 Å². The Morgan fingerprint density at radius 2 is 1.89 bits per heavy atom. The summed E-state index contributed by atoms with van der Waals surface area (Å²) in [4.78, 5) is 0. The van der Waals surface area contributed by atoms with Crippen LogP contribution in [0.25, 0.3) is 0 Å². The van der Waals surface area contributed by atoms with Crippen molar-refractivity contribution >= 4 is 12.4 Å². The summed E-state index contributed by atoms with van der Waals surface area (Å²) in [6, 6.07) is 10.7. The molecule has 0 spiro atoms. The minimum Gasteiger partial charge on any atom is -0.376 e. The molecule has 102 valence electrons. The third-order valence-corrected chi connectivity index (χ3v) is 3.78. The summed E-state index contributed by atoms with van der Waals surface area (Å²) in [6.45, 7) is 5.91. The van der Waals surface area contributed by atoms with Crippen LogP contribution in [0.4, 0.5) is 0 Å². The first-order chi connectivity index (χ1) is 8.05. The molecular weight excluding hydrogens is 246 g/mol. The molecule has 1 saturated heterocycles. The normalized spacial score (nSPS) is 26.4. The summed E-state index contributed by atoms with van der Waals surface area (Å²) in [7, 11) is 0. The van der Waals surface area contributed by atoms with Gasteiger partial charge in [0.1, 0.15) is 0 Å². The van der Waals surface area contributed by atoms with E-state index in [-0.39, 0.29) is 23.4 Å². The van der Waals surface area contributed by atoms with Crippen molar-refractivity contribution in [2.24, 2.45) is 11.1 Å². The second kappa shape index (κ2) is 6.05. The highest BCUT2D eigenvalue weighted by Crippen LogP contribution is 2.40. The fourth-order valence-electron chi connectivity index (χ4n) is 3.01. The molecule has 0 bridgehead atoms. The zero-order valence-corrected chi connectivity index (χ0v) is 12.1.